The fraction of sp³-hybridized carbons (Fsp3) is 0.353. The van der Waals surface area contributed by atoms with Crippen LogP contribution in [0.3, 0.4) is 0 Å². The Morgan fingerprint density at radius 2 is 1.68 bits per heavy atom. The van der Waals surface area contributed by atoms with Crippen molar-refractivity contribution in [2.45, 2.75) is 25.8 Å². The topological polar surface area (TPSA) is 20.3 Å². The molecule has 1 aliphatic rings. The summed E-state index contributed by atoms with van der Waals surface area (Å²) in [5, 5.41) is 2.44. The van der Waals surface area contributed by atoms with Crippen molar-refractivity contribution in [1.29, 1.82) is 0 Å². The van der Waals surface area contributed by atoms with Crippen molar-refractivity contribution in [2.75, 3.05) is 13.1 Å². The fourth-order valence-corrected chi connectivity index (χ4v) is 3.08. The molecular formula is C17H19NO. The van der Waals surface area contributed by atoms with Crippen LogP contribution in [0.15, 0.2) is 42.5 Å². The number of rotatable bonds is 4. The van der Waals surface area contributed by atoms with E-state index in [1.807, 2.05) is 12.1 Å². The van der Waals surface area contributed by atoms with Crippen LogP contribution in [-0.4, -0.2) is 29.8 Å². The van der Waals surface area contributed by atoms with Crippen LogP contribution >= 0.6 is 0 Å². The summed E-state index contributed by atoms with van der Waals surface area (Å²) >= 11 is 0. The second-order valence-corrected chi connectivity index (χ2v) is 5.11. The van der Waals surface area contributed by atoms with Gasteiger partial charge in [0.15, 0.2) is 5.78 Å². The van der Waals surface area contributed by atoms with Crippen molar-refractivity contribution in [3.63, 3.8) is 0 Å². The van der Waals surface area contributed by atoms with Gasteiger partial charge < -0.3 is 0 Å². The second-order valence-electron chi connectivity index (χ2n) is 5.11. The van der Waals surface area contributed by atoms with Crippen molar-refractivity contribution in [1.82, 2.24) is 4.90 Å². The lowest BCUT2D eigenvalue weighted by molar-refractivity contribution is -0.111. The maximum Gasteiger partial charge on any atom is 0.160 e. The molecule has 19 heavy (non-hydrogen) atoms. The number of carbonyl (C=O) groups is 1. The Hall–Kier alpha value is -1.67. The smallest absolute Gasteiger partial charge is 0.160 e. The number of likely N-dealkylation sites (N-methyl/N-ethyl adjacent to an activating group) is 1. The minimum atomic E-state index is 0.0750. The van der Waals surface area contributed by atoms with E-state index in [0.717, 1.165) is 13.1 Å². The van der Waals surface area contributed by atoms with Crippen molar-refractivity contribution < 1.29 is 4.79 Å². The minimum Gasteiger partial charge on any atom is -0.297 e. The summed E-state index contributed by atoms with van der Waals surface area (Å²) in [4.78, 5) is 14.4. The van der Waals surface area contributed by atoms with Gasteiger partial charge in [0.1, 0.15) is 0 Å². The molecule has 1 aliphatic carbocycles. The maximum absolute atomic E-state index is 12.2. The van der Waals surface area contributed by atoms with Gasteiger partial charge in [-0.1, -0.05) is 56.3 Å². The largest absolute Gasteiger partial charge is 0.297 e. The van der Waals surface area contributed by atoms with Crippen molar-refractivity contribution in [2.24, 2.45) is 0 Å². The molecule has 2 nitrogen and oxygen atoms in total. The van der Waals surface area contributed by atoms with E-state index >= 15 is 0 Å². The number of Topliss-reactive ketones (excluding diaryl/α,β-unsaturated/α-hetero) is 1. The van der Waals surface area contributed by atoms with E-state index in [1.54, 1.807) is 0 Å². The van der Waals surface area contributed by atoms with Crippen LogP contribution in [0.2, 0.25) is 0 Å². The molecule has 0 bridgehead atoms. The molecule has 0 heterocycles. The van der Waals surface area contributed by atoms with Gasteiger partial charge in [0, 0.05) is 0 Å². The average Bonchev–Trinajstić information content (AvgIpc) is 3.11. The van der Waals surface area contributed by atoms with Gasteiger partial charge in [0.05, 0.1) is 12.0 Å². The van der Waals surface area contributed by atoms with Crippen molar-refractivity contribution in [3.8, 4) is 0 Å². The molecule has 3 rings (SSSR count). The molecule has 0 aromatic heterocycles. The lowest BCUT2D eigenvalue weighted by Gasteiger charge is -2.16. The molecule has 0 N–H and O–H groups in total. The number of hydrogen-bond acceptors (Lipinski definition) is 2. The summed E-state index contributed by atoms with van der Waals surface area (Å²) < 4.78 is 0. The van der Waals surface area contributed by atoms with E-state index in [0.29, 0.717) is 5.78 Å². The Morgan fingerprint density at radius 3 is 2.42 bits per heavy atom. The molecule has 1 saturated carbocycles. The molecule has 98 valence electrons. The number of hydrogen-bond donors (Lipinski definition) is 0. The summed E-state index contributed by atoms with van der Waals surface area (Å²) in [5.41, 5.74) is 1.19. The van der Waals surface area contributed by atoms with E-state index in [9.17, 15) is 4.79 Å². The predicted molar refractivity (Wildman–Crippen MR) is 78.4 cm³/mol. The van der Waals surface area contributed by atoms with Crippen LogP contribution in [0.5, 0.6) is 0 Å². The predicted octanol–water partition coefficient (Wildman–Crippen LogP) is 3.22. The van der Waals surface area contributed by atoms with E-state index in [-0.39, 0.29) is 12.0 Å². The first kappa shape index (κ1) is 12.4. The highest BCUT2D eigenvalue weighted by atomic mass is 16.1. The Kier molecular flexibility index (Phi) is 3.11. The number of nitrogens with zero attached hydrogens (tertiary/aromatic N) is 1. The highest BCUT2D eigenvalue weighted by Crippen LogP contribution is 2.43. The molecule has 0 aliphatic heterocycles. The highest BCUT2D eigenvalue weighted by molar-refractivity contribution is 6.10. The van der Waals surface area contributed by atoms with E-state index in [2.05, 4.69) is 49.1 Å². The molecule has 0 radical (unpaired) electrons. The third-order valence-corrected chi connectivity index (χ3v) is 4.17. The standard InChI is InChI=1S/C17H19NO/c1-3-18(4-2)16-15(17(16)19)14-11-7-9-12-8-5-6-10-13(12)14/h5-11,15-16H,3-4H2,1-2H3. The van der Waals surface area contributed by atoms with Crippen LogP contribution in [0, 0.1) is 0 Å². The molecule has 2 unspecified atom stereocenters. The molecular weight excluding hydrogens is 234 g/mol. The van der Waals surface area contributed by atoms with E-state index in [1.165, 1.54) is 16.3 Å². The molecule has 2 aromatic rings. The third-order valence-electron chi connectivity index (χ3n) is 4.17. The SMILES string of the molecule is CCN(CC)C1C(=O)C1c1cccc2ccccc12. The molecule has 0 spiro atoms. The van der Waals surface area contributed by atoms with Gasteiger partial charge in [0.25, 0.3) is 0 Å². The number of benzene rings is 2. The Morgan fingerprint density at radius 1 is 1.00 bits per heavy atom. The fourth-order valence-electron chi connectivity index (χ4n) is 3.08. The lowest BCUT2D eigenvalue weighted by atomic mass is 10.0. The van der Waals surface area contributed by atoms with Gasteiger partial charge in [-0.15, -0.1) is 0 Å². The average molecular weight is 253 g/mol. The summed E-state index contributed by atoms with van der Waals surface area (Å²) in [6.07, 6.45) is 0. The third kappa shape index (κ3) is 1.96. The number of ketones is 1. The first-order valence-electron chi connectivity index (χ1n) is 7.03. The molecule has 1 fully saturated rings. The van der Waals surface area contributed by atoms with Crippen LogP contribution < -0.4 is 0 Å². The first-order valence-corrected chi connectivity index (χ1v) is 7.03. The van der Waals surface area contributed by atoms with Crippen LogP contribution in [0.1, 0.15) is 25.3 Å². The monoisotopic (exact) mass is 253 g/mol. The summed E-state index contributed by atoms with van der Waals surface area (Å²) in [6.45, 7) is 6.12. The maximum atomic E-state index is 12.2. The normalized spacial score (nSPS) is 22.2. The Bertz CT molecular complexity index is 610. The molecule has 0 amide bonds. The molecule has 2 aromatic carbocycles. The zero-order valence-electron chi connectivity index (χ0n) is 11.5. The molecule has 2 heteroatoms. The molecule has 2 atom stereocenters. The lowest BCUT2D eigenvalue weighted by Crippen LogP contribution is -2.27. The van der Waals surface area contributed by atoms with Crippen molar-refractivity contribution in [3.05, 3.63) is 48.0 Å². The van der Waals surface area contributed by atoms with Crippen LogP contribution in [0.25, 0.3) is 10.8 Å². The minimum absolute atomic E-state index is 0.0750. The van der Waals surface area contributed by atoms with Gasteiger partial charge >= 0.3 is 0 Å². The van der Waals surface area contributed by atoms with Gasteiger partial charge in [-0.05, 0) is 29.4 Å². The van der Waals surface area contributed by atoms with Crippen LogP contribution in [-0.2, 0) is 4.79 Å². The summed E-state index contributed by atoms with van der Waals surface area (Å²) in [5.74, 6) is 0.450. The Balaban J connectivity index is 2.00. The second kappa shape index (κ2) is 4.78. The van der Waals surface area contributed by atoms with Crippen LogP contribution in [0.4, 0.5) is 0 Å². The quantitative estimate of drug-likeness (QED) is 0.834. The highest BCUT2D eigenvalue weighted by Gasteiger charge is 2.53. The van der Waals surface area contributed by atoms with Gasteiger partial charge in [0.2, 0.25) is 0 Å². The first-order chi connectivity index (χ1) is 9.27. The van der Waals surface area contributed by atoms with E-state index in [4.69, 9.17) is 0 Å². The zero-order chi connectivity index (χ0) is 13.4. The Labute approximate surface area is 114 Å². The van der Waals surface area contributed by atoms with Gasteiger partial charge in [-0.3, -0.25) is 9.69 Å². The van der Waals surface area contributed by atoms with Gasteiger partial charge in [-0.25, -0.2) is 0 Å². The van der Waals surface area contributed by atoms with Gasteiger partial charge in [-0.2, -0.15) is 0 Å². The number of fused-ring (bicyclic) bond motifs is 1. The summed E-state index contributed by atoms with van der Waals surface area (Å²) in [7, 11) is 0. The summed E-state index contributed by atoms with van der Waals surface area (Å²) in [6, 6.07) is 14.7. The zero-order valence-corrected chi connectivity index (χ0v) is 11.5. The number of carbonyl (C=O) groups excluding carboxylic acids is 1. The van der Waals surface area contributed by atoms with Crippen molar-refractivity contribution >= 4 is 16.6 Å². The molecule has 0 saturated heterocycles. The van der Waals surface area contributed by atoms with E-state index < -0.39 is 0 Å².